The molecule has 38 heavy (non-hydrogen) atoms. The van der Waals surface area contributed by atoms with Gasteiger partial charge in [0.1, 0.15) is 5.69 Å². The van der Waals surface area contributed by atoms with Gasteiger partial charge in [0.2, 0.25) is 5.91 Å². The first-order valence-electron chi connectivity index (χ1n) is 12.3. The van der Waals surface area contributed by atoms with E-state index in [9.17, 15) is 27.9 Å². The molecule has 11 nitrogen and oxygen atoms in total. The van der Waals surface area contributed by atoms with Gasteiger partial charge >= 0.3 is 0 Å². The van der Waals surface area contributed by atoms with Crippen LogP contribution in [0.2, 0.25) is 5.02 Å². The maximum absolute atomic E-state index is 13.7. The Morgan fingerprint density at radius 2 is 1.84 bits per heavy atom. The summed E-state index contributed by atoms with van der Waals surface area (Å²) in [5, 5.41) is 16.4. The fraction of sp³-hybridized carbons (Fsp3) is 0.520. The number of nitrogens with zero attached hydrogens (tertiary/aromatic N) is 3. The summed E-state index contributed by atoms with van der Waals surface area (Å²) >= 11 is 5.89. The molecule has 0 spiro atoms. The van der Waals surface area contributed by atoms with Gasteiger partial charge in [-0.3, -0.25) is 14.4 Å². The monoisotopic (exact) mass is 565 g/mol. The number of aliphatic hydroxyl groups is 1. The molecule has 3 N–H and O–H groups in total. The van der Waals surface area contributed by atoms with Gasteiger partial charge in [-0.15, -0.1) is 0 Å². The Morgan fingerprint density at radius 3 is 2.45 bits per heavy atom. The number of sulfone groups is 1. The van der Waals surface area contributed by atoms with Crippen LogP contribution in [0.1, 0.15) is 60.3 Å². The number of carbonyl (C=O) groups excluding carboxylic acids is 3. The molecule has 1 saturated carbocycles. The number of imidazole rings is 1. The van der Waals surface area contributed by atoms with E-state index in [1.807, 2.05) is 0 Å². The fourth-order valence-corrected chi connectivity index (χ4v) is 7.32. The average Bonchev–Trinajstić information content (AvgIpc) is 3.53. The number of nitrogens with one attached hydrogen (secondary N) is 2. The van der Waals surface area contributed by atoms with Gasteiger partial charge in [0, 0.05) is 44.7 Å². The van der Waals surface area contributed by atoms with Crippen molar-refractivity contribution in [2.45, 2.75) is 62.3 Å². The van der Waals surface area contributed by atoms with Crippen molar-refractivity contribution in [1.82, 2.24) is 25.1 Å². The van der Waals surface area contributed by atoms with E-state index >= 15 is 0 Å². The quantitative estimate of drug-likeness (QED) is 0.391. The van der Waals surface area contributed by atoms with Crippen LogP contribution in [0.4, 0.5) is 0 Å². The SMILES string of the molecule is CC(=O)NC[C@H](O)C(C)(C)S(=O)(=O)C1(CN2CCn3c(cnc3C(=O)NCc3ccc(Cl)cc3)C2=O)CC1. The number of fused-ring (bicyclic) bond motifs is 1. The number of halogens is 1. The van der Waals surface area contributed by atoms with Crippen molar-refractivity contribution in [3.63, 3.8) is 0 Å². The second kappa shape index (κ2) is 10.3. The summed E-state index contributed by atoms with van der Waals surface area (Å²) in [6, 6.07) is 7.05. The van der Waals surface area contributed by atoms with Crippen LogP contribution in [-0.4, -0.2) is 80.9 Å². The smallest absolute Gasteiger partial charge is 0.287 e. The molecule has 2 aliphatic rings. The second-order valence-electron chi connectivity index (χ2n) is 10.4. The third-order valence-corrected chi connectivity index (χ3v) is 11.0. The predicted molar refractivity (Wildman–Crippen MR) is 140 cm³/mol. The van der Waals surface area contributed by atoms with Crippen LogP contribution >= 0.6 is 11.6 Å². The van der Waals surface area contributed by atoms with Gasteiger partial charge in [-0.25, -0.2) is 13.4 Å². The Hall–Kier alpha value is -2.96. The Kier molecular flexibility index (Phi) is 7.61. The summed E-state index contributed by atoms with van der Waals surface area (Å²) in [6.07, 6.45) is 0.752. The van der Waals surface area contributed by atoms with Gasteiger partial charge in [-0.2, -0.15) is 0 Å². The third-order valence-electron chi connectivity index (χ3n) is 7.42. The van der Waals surface area contributed by atoms with E-state index in [1.165, 1.54) is 31.9 Å². The molecule has 206 valence electrons. The molecule has 0 bridgehead atoms. The maximum Gasteiger partial charge on any atom is 0.287 e. The molecular weight excluding hydrogens is 534 g/mol. The van der Waals surface area contributed by atoms with Crippen LogP contribution in [0.5, 0.6) is 0 Å². The molecule has 1 fully saturated rings. The van der Waals surface area contributed by atoms with E-state index in [0.29, 0.717) is 17.9 Å². The molecule has 2 aromatic rings. The Balaban J connectivity index is 1.44. The highest BCUT2D eigenvalue weighted by Crippen LogP contribution is 2.49. The van der Waals surface area contributed by atoms with E-state index < -0.39 is 37.2 Å². The van der Waals surface area contributed by atoms with Gasteiger partial charge in [-0.1, -0.05) is 23.7 Å². The number of hydrogen-bond donors (Lipinski definition) is 3. The minimum absolute atomic E-state index is 0.0201. The predicted octanol–water partition coefficient (Wildman–Crippen LogP) is 1.15. The van der Waals surface area contributed by atoms with Crippen molar-refractivity contribution in [2.75, 3.05) is 19.6 Å². The molecule has 3 amide bonds. The van der Waals surface area contributed by atoms with E-state index in [1.54, 1.807) is 28.8 Å². The Bertz CT molecular complexity index is 1350. The summed E-state index contributed by atoms with van der Waals surface area (Å²) < 4.78 is 26.2. The van der Waals surface area contributed by atoms with Gasteiger partial charge < -0.3 is 25.2 Å². The number of hydrogen-bond acceptors (Lipinski definition) is 7. The number of benzene rings is 1. The summed E-state index contributed by atoms with van der Waals surface area (Å²) in [4.78, 5) is 42.9. The highest BCUT2D eigenvalue weighted by atomic mass is 35.5. The lowest BCUT2D eigenvalue weighted by molar-refractivity contribution is -0.119. The molecule has 1 aliphatic carbocycles. The van der Waals surface area contributed by atoms with Crippen LogP contribution in [-0.2, 0) is 27.7 Å². The highest BCUT2D eigenvalue weighted by Gasteiger charge is 2.62. The molecule has 1 aromatic carbocycles. The van der Waals surface area contributed by atoms with Crippen LogP contribution in [0.3, 0.4) is 0 Å². The third kappa shape index (κ3) is 5.16. The lowest BCUT2D eigenvalue weighted by atomic mass is 10.1. The zero-order valence-corrected chi connectivity index (χ0v) is 23.1. The van der Waals surface area contributed by atoms with Gasteiger partial charge in [0.25, 0.3) is 11.8 Å². The van der Waals surface area contributed by atoms with Crippen molar-refractivity contribution < 1.29 is 27.9 Å². The average molecular weight is 566 g/mol. The van der Waals surface area contributed by atoms with Crippen molar-refractivity contribution in [1.29, 1.82) is 0 Å². The molecule has 0 unspecified atom stereocenters. The molecule has 0 radical (unpaired) electrons. The lowest BCUT2D eigenvalue weighted by Gasteiger charge is -2.37. The summed E-state index contributed by atoms with van der Waals surface area (Å²) in [7, 11) is -3.91. The second-order valence-corrected chi connectivity index (χ2v) is 13.8. The normalized spacial score (nSPS) is 17.5. The largest absolute Gasteiger partial charge is 0.390 e. The zero-order valence-electron chi connectivity index (χ0n) is 21.5. The first-order valence-corrected chi connectivity index (χ1v) is 14.2. The van der Waals surface area contributed by atoms with Crippen LogP contribution in [0, 0.1) is 0 Å². The first kappa shape index (κ1) is 28.1. The van der Waals surface area contributed by atoms with Gasteiger partial charge in [-0.05, 0) is 44.4 Å². The lowest BCUT2D eigenvalue weighted by Crippen LogP contribution is -2.56. The molecule has 0 saturated heterocycles. The summed E-state index contributed by atoms with van der Waals surface area (Å²) in [5.74, 6) is -1.09. The number of carbonyl (C=O) groups is 3. The molecule has 13 heteroatoms. The summed E-state index contributed by atoms with van der Waals surface area (Å²) in [6.45, 7) is 4.73. The van der Waals surface area contributed by atoms with E-state index in [4.69, 9.17) is 11.6 Å². The number of rotatable bonds is 10. The van der Waals surface area contributed by atoms with Crippen LogP contribution in [0.25, 0.3) is 0 Å². The van der Waals surface area contributed by atoms with Gasteiger partial charge in [0.05, 0.1) is 21.8 Å². The highest BCUT2D eigenvalue weighted by molar-refractivity contribution is 7.94. The van der Waals surface area contributed by atoms with Gasteiger partial charge in [0.15, 0.2) is 15.7 Å². The van der Waals surface area contributed by atoms with Crippen molar-refractivity contribution >= 4 is 39.2 Å². The Labute approximate surface area is 226 Å². The first-order chi connectivity index (χ1) is 17.8. The topological polar surface area (TPSA) is 151 Å². The minimum Gasteiger partial charge on any atom is -0.390 e. The Morgan fingerprint density at radius 1 is 1.18 bits per heavy atom. The number of amides is 3. The van der Waals surface area contributed by atoms with Crippen molar-refractivity contribution in [3.8, 4) is 0 Å². The minimum atomic E-state index is -3.91. The van der Waals surface area contributed by atoms with Crippen LogP contribution in [0.15, 0.2) is 30.5 Å². The van der Waals surface area contributed by atoms with E-state index in [0.717, 1.165) is 5.56 Å². The molecule has 2 heterocycles. The molecule has 1 aromatic heterocycles. The van der Waals surface area contributed by atoms with E-state index in [-0.39, 0.29) is 50.1 Å². The zero-order chi connectivity index (χ0) is 27.9. The van der Waals surface area contributed by atoms with Crippen LogP contribution < -0.4 is 10.6 Å². The standard InChI is InChI=1S/C25H32ClN5O6S/c1-16(32)27-14-20(33)24(2,3)38(36,37)25(8-9-25)15-30-10-11-31-19(23(30)35)13-28-21(31)22(34)29-12-17-4-6-18(26)7-5-17/h4-7,13,20,33H,8-12,14-15H2,1-3H3,(H,27,32)(H,29,34)/t20-/m0/s1. The maximum atomic E-state index is 13.7. The molecular formula is C25H32ClN5O6S. The van der Waals surface area contributed by atoms with Crippen molar-refractivity contribution in [2.24, 2.45) is 0 Å². The summed E-state index contributed by atoms with van der Waals surface area (Å²) in [5.41, 5.74) is 1.07. The number of aliphatic hydroxyl groups excluding tert-OH is 1. The molecule has 1 aliphatic heterocycles. The molecule has 4 rings (SSSR count). The number of aromatic nitrogens is 2. The molecule has 1 atom stereocenters. The van der Waals surface area contributed by atoms with Crippen molar-refractivity contribution in [3.05, 3.63) is 52.6 Å². The van der Waals surface area contributed by atoms with E-state index in [2.05, 4.69) is 15.6 Å². The fourth-order valence-electron chi connectivity index (χ4n) is 4.68.